The van der Waals surface area contributed by atoms with Crippen LogP contribution in [0.25, 0.3) is 11.1 Å². The van der Waals surface area contributed by atoms with Crippen LogP contribution in [0, 0.1) is 0 Å². The Kier molecular flexibility index (Phi) is 3.62. The van der Waals surface area contributed by atoms with Crippen LogP contribution in [0.5, 0.6) is 0 Å². The molecule has 0 aromatic heterocycles. The van der Waals surface area contributed by atoms with Crippen LogP contribution in [0.1, 0.15) is 32.2 Å². The summed E-state index contributed by atoms with van der Waals surface area (Å²) >= 11 is 0. The average Bonchev–Trinajstić information content (AvgIpc) is 2.68. The summed E-state index contributed by atoms with van der Waals surface area (Å²) in [6, 6.07) is 23.6. The third-order valence-corrected chi connectivity index (χ3v) is 4.54. The van der Waals surface area contributed by atoms with E-state index in [1.807, 2.05) is 42.5 Å². The summed E-state index contributed by atoms with van der Waals surface area (Å²) in [6.45, 7) is 0. The summed E-state index contributed by atoms with van der Waals surface area (Å²) in [4.78, 5) is 37.6. The zero-order valence-corrected chi connectivity index (χ0v) is 13.3. The van der Waals surface area contributed by atoms with Crippen LogP contribution in [0.4, 0.5) is 0 Å². The number of fused-ring (bicyclic) bond motifs is 1. The van der Waals surface area contributed by atoms with Gasteiger partial charge in [-0.1, -0.05) is 78.9 Å². The molecule has 0 saturated carbocycles. The first-order valence-corrected chi connectivity index (χ1v) is 8.04. The van der Waals surface area contributed by atoms with E-state index in [1.165, 1.54) is 6.07 Å². The minimum absolute atomic E-state index is 0.203. The highest BCUT2D eigenvalue weighted by Gasteiger charge is 2.40. The Hall–Kier alpha value is -3.33. The summed E-state index contributed by atoms with van der Waals surface area (Å²) in [5.41, 5.74) is 3.12. The van der Waals surface area contributed by atoms with Gasteiger partial charge in [0.25, 0.3) is 0 Å². The lowest BCUT2D eigenvalue weighted by Crippen LogP contribution is -2.35. The molecule has 1 unspecified atom stereocenters. The highest BCUT2D eigenvalue weighted by molar-refractivity contribution is 6.53. The second-order valence-electron chi connectivity index (χ2n) is 6.02. The molecule has 0 heterocycles. The van der Waals surface area contributed by atoms with E-state index >= 15 is 0 Å². The number of carbonyl (C=O) groups is 3. The number of Topliss-reactive ketones (excluding diaryl/α,β-unsaturated/α-hetero) is 3. The molecule has 4 rings (SSSR count). The number of ketones is 3. The van der Waals surface area contributed by atoms with Gasteiger partial charge in [0, 0.05) is 11.1 Å². The van der Waals surface area contributed by atoms with Gasteiger partial charge in [-0.3, -0.25) is 14.4 Å². The van der Waals surface area contributed by atoms with E-state index < -0.39 is 17.5 Å². The van der Waals surface area contributed by atoms with Crippen molar-refractivity contribution in [1.29, 1.82) is 0 Å². The van der Waals surface area contributed by atoms with E-state index in [4.69, 9.17) is 0 Å². The van der Waals surface area contributed by atoms with Gasteiger partial charge in [-0.05, 0) is 16.7 Å². The largest absolute Gasteiger partial charge is 0.293 e. The molecular formula is C22H14O3. The SMILES string of the molecule is O=C1C(=O)C(c2ccc(-c3ccccc3)cc2)C(=O)c2ccccc21. The van der Waals surface area contributed by atoms with E-state index in [9.17, 15) is 14.4 Å². The van der Waals surface area contributed by atoms with Crippen LogP contribution >= 0.6 is 0 Å². The van der Waals surface area contributed by atoms with Crippen molar-refractivity contribution in [2.45, 2.75) is 5.92 Å². The third kappa shape index (κ3) is 2.50. The lowest BCUT2D eigenvalue weighted by molar-refractivity contribution is -0.115. The smallest absolute Gasteiger partial charge is 0.230 e. The summed E-state index contributed by atoms with van der Waals surface area (Å²) < 4.78 is 0. The van der Waals surface area contributed by atoms with Gasteiger partial charge in [0.2, 0.25) is 11.6 Å². The lowest BCUT2D eigenvalue weighted by Gasteiger charge is -2.21. The van der Waals surface area contributed by atoms with Crippen molar-refractivity contribution in [3.05, 3.63) is 95.6 Å². The highest BCUT2D eigenvalue weighted by Crippen LogP contribution is 2.31. The van der Waals surface area contributed by atoms with Gasteiger partial charge in [-0.15, -0.1) is 0 Å². The zero-order valence-electron chi connectivity index (χ0n) is 13.3. The molecule has 1 aliphatic rings. The standard InChI is InChI=1S/C22H14O3/c23-20-17-8-4-5-9-18(17)21(24)22(25)19(20)16-12-10-15(11-13-16)14-6-2-1-3-7-14/h1-13,19H. The van der Waals surface area contributed by atoms with Crippen LogP contribution in [0.3, 0.4) is 0 Å². The molecule has 3 aromatic rings. The molecule has 0 amide bonds. The molecule has 1 atom stereocenters. The summed E-state index contributed by atoms with van der Waals surface area (Å²) in [5.74, 6) is -2.61. The van der Waals surface area contributed by atoms with E-state index in [1.54, 1.807) is 30.3 Å². The molecule has 0 fully saturated rings. The van der Waals surface area contributed by atoms with E-state index in [0.717, 1.165) is 11.1 Å². The maximum absolute atomic E-state index is 12.8. The fraction of sp³-hybridized carbons (Fsp3) is 0.0455. The summed E-state index contributed by atoms with van der Waals surface area (Å²) in [5, 5.41) is 0. The predicted octanol–water partition coefficient (Wildman–Crippen LogP) is 4.09. The van der Waals surface area contributed by atoms with Crippen LogP contribution in [0.2, 0.25) is 0 Å². The maximum Gasteiger partial charge on any atom is 0.230 e. The second-order valence-corrected chi connectivity index (χ2v) is 6.02. The van der Waals surface area contributed by atoms with Crippen LogP contribution in [0.15, 0.2) is 78.9 Å². The van der Waals surface area contributed by atoms with Gasteiger partial charge < -0.3 is 0 Å². The number of rotatable bonds is 2. The van der Waals surface area contributed by atoms with Crippen molar-refractivity contribution in [2.24, 2.45) is 0 Å². The molecule has 0 radical (unpaired) electrons. The molecule has 120 valence electrons. The maximum atomic E-state index is 12.8. The Labute approximate surface area is 144 Å². The number of carbonyl (C=O) groups excluding carboxylic acids is 3. The molecule has 25 heavy (non-hydrogen) atoms. The number of benzene rings is 3. The van der Waals surface area contributed by atoms with Crippen molar-refractivity contribution in [2.75, 3.05) is 0 Å². The molecule has 3 heteroatoms. The molecule has 3 nitrogen and oxygen atoms in total. The first-order valence-electron chi connectivity index (χ1n) is 8.04. The van der Waals surface area contributed by atoms with Gasteiger partial charge in [-0.2, -0.15) is 0 Å². The van der Waals surface area contributed by atoms with Crippen molar-refractivity contribution < 1.29 is 14.4 Å². The average molecular weight is 326 g/mol. The normalized spacial score (nSPS) is 16.6. The number of hydrogen-bond donors (Lipinski definition) is 0. The van der Waals surface area contributed by atoms with E-state index in [-0.39, 0.29) is 11.3 Å². The zero-order chi connectivity index (χ0) is 17.4. The predicted molar refractivity (Wildman–Crippen MR) is 94.7 cm³/mol. The molecule has 0 aliphatic heterocycles. The Morgan fingerprint density at radius 3 is 1.76 bits per heavy atom. The Balaban J connectivity index is 1.74. The number of hydrogen-bond acceptors (Lipinski definition) is 3. The van der Waals surface area contributed by atoms with Crippen molar-refractivity contribution in [3.63, 3.8) is 0 Å². The van der Waals surface area contributed by atoms with Gasteiger partial charge in [-0.25, -0.2) is 0 Å². The Morgan fingerprint density at radius 1 is 0.520 bits per heavy atom. The van der Waals surface area contributed by atoms with Crippen LogP contribution in [-0.2, 0) is 4.79 Å². The fourth-order valence-corrected chi connectivity index (χ4v) is 3.24. The van der Waals surface area contributed by atoms with Crippen molar-refractivity contribution >= 4 is 17.3 Å². The fourth-order valence-electron chi connectivity index (χ4n) is 3.24. The van der Waals surface area contributed by atoms with Crippen molar-refractivity contribution in [3.8, 4) is 11.1 Å². The summed E-state index contributed by atoms with van der Waals surface area (Å²) in [6.07, 6.45) is 0. The van der Waals surface area contributed by atoms with Gasteiger partial charge in [0.1, 0.15) is 5.92 Å². The van der Waals surface area contributed by atoms with Gasteiger partial charge >= 0.3 is 0 Å². The molecule has 3 aromatic carbocycles. The third-order valence-electron chi connectivity index (χ3n) is 4.54. The first kappa shape index (κ1) is 15.2. The minimum atomic E-state index is -1.05. The molecule has 0 saturated heterocycles. The Morgan fingerprint density at radius 2 is 1.08 bits per heavy atom. The Bertz CT molecular complexity index is 985. The van der Waals surface area contributed by atoms with Crippen LogP contribution < -0.4 is 0 Å². The second kappa shape index (κ2) is 5.95. The monoisotopic (exact) mass is 326 g/mol. The lowest BCUT2D eigenvalue weighted by atomic mass is 9.77. The molecule has 0 bridgehead atoms. The molecule has 1 aliphatic carbocycles. The highest BCUT2D eigenvalue weighted by atomic mass is 16.2. The molecule has 0 N–H and O–H groups in total. The van der Waals surface area contributed by atoms with Gasteiger partial charge in [0.15, 0.2) is 5.78 Å². The van der Waals surface area contributed by atoms with Gasteiger partial charge in [0.05, 0.1) is 0 Å². The quantitative estimate of drug-likeness (QED) is 0.526. The molecule has 0 spiro atoms. The van der Waals surface area contributed by atoms with Crippen LogP contribution in [-0.4, -0.2) is 17.3 Å². The van der Waals surface area contributed by atoms with Crippen molar-refractivity contribution in [1.82, 2.24) is 0 Å². The minimum Gasteiger partial charge on any atom is -0.293 e. The first-order chi connectivity index (χ1) is 12.2. The summed E-state index contributed by atoms with van der Waals surface area (Å²) in [7, 11) is 0. The van der Waals surface area contributed by atoms with E-state index in [0.29, 0.717) is 11.1 Å². The topological polar surface area (TPSA) is 51.2 Å². The van der Waals surface area contributed by atoms with E-state index in [2.05, 4.69) is 0 Å². The molecular weight excluding hydrogens is 312 g/mol.